The molecule has 0 aliphatic rings. The van der Waals surface area contributed by atoms with E-state index in [0.717, 1.165) is 0 Å². The van der Waals surface area contributed by atoms with E-state index in [0.29, 0.717) is 0 Å². The first-order chi connectivity index (χ1) is 9.81. The SMILES string of the molecule is O=[P+]([O-])CCCF.O=[P+]([O-])CCCF.O=[P+]([O-])CCCF.[Al+3]. The summed E-state index contributed by atoms with van der Waals surface area (Å²) in [7, 11) is -7.04. The second-order valence-corrected chi connectivity index (χ2v) is 6.63. The third kappa shape index (κ3) is 49.9. The van der Waals surface area contributed by atoms with Gasteiger partial charge in [0.25, 0.3) is 0 Å². The summed E-state index contributed by atoms with van der Waals surface area (Å²) in [5, 5.41) is 0. The number of hydrogen-bond acceptors (Lipinski definition) is 6. The van der Waals surface area contributed by atoms with Gasteiger partial charge in [0.05, 0.1) is 20.0 Å². The zero-order valence-electron chi connectivity index (χ0n) is 11.9. The molecule has 0 fully saturated rings. The molecule has 0 aliphatic heterocycles. The van der Waals surface area contributed by atoms with Crippen molar-refractivity contribution < 1.29 is 41.5 Å². The number of hydrogen-bond donors (Lipinski definition) is 0. The molecule has 0 aromatic heterocycles. The van der Waals surface area contributed by atoms with Gasteiger partial charge in [0.15, 0.2) is 0 Å². The van der Waals surface area contributed by atoms with Crippen molar-refractivity contribution in [3.8, 4) is 0 Å². The maximum absolute atomic E-state index is 11.1. The Kier molecular flexibility index (Phi) is 36.5. The zero-order valence-corrected chi connectivity index (χ0v) is 15.7. The predicted molar refractivity (Wildman–Crippen MR) is 75.0 cm³/mol. The summed E-state index contributed by atoms with van der Waals surface area (Å²) in [5.41, 5.74) is 0. The van der Waals surface area contributed by atoms with Gasteiger partial charge < -0.3 is 14.7 Å². The van der Waals surface area contributed by atoms with Crippen LogP contribution in [0.3, 0.4) is 0 Å². The molecular weight excluding hydrogens is 381 g/mol. The summed E-state index contributed by atoms with van der Waals surface area (Å²) in [6.07, 6.45) is 0.347. The van der Waals surface area contributed by atoms with Crippen LogP contribution in [0.5, 0.6) is 0 Å². The van der Waals surface area contributed by atoms with Crippen molar-refractivity contribution >= 4 is 41.4 Å². The van der Waals surface area contributed by atoms with E-state index in [4.69, 9.17) is 0 Å². The van der Waals surface area contributed by atoms with Crippen LogP contribution in [0.25, 0.3) is 0 Å². The normalized spacial score (nSPS) is 10.9. The van der Waals surface area contributed by atoms with E-state index in [9.17, 15) is 41.5 Å². The van der Waals surface area contributed by atoms with Crippen LogP contribution in [0.1, 0.15) is 19.3 Å². The van der Waals surface area contributed by atoms with Gasteiger partial charge in [0.1, 0.15) is 18.5 Å². The summed E-state index contributed by atoms with van der Waals surface area (Å²) < 4.78 is 62.1. The molecule has 0 heterocycles. The van der Waals surface area contributed by atoms with Crippen molar-refractivity contribution in [1.29, 1.82) is 0 Å². The molecule has 126 valence electrons. The first kappa shape index (κ1) is 30.4. The van der Waals surface area contributed by atoms with Crippen LogP contribution in [-0.4, -0.2) is 55.9 Å². The Hall–Kier alpha value is 0.502. The molecule has 22 heavy (non-hydrogen) atoms. The Balaban J connectivity index is -0.000000108. The predicted octanol–water partition coefficient (Wildman–Crippen LogP) is 0.965. The van der Waals surface area contributed by atoms with Crippen LogP contribution in [0.4, 0.5) is 13.2 Å². The molecular formula is C9H18AlF3O6P3+3. The summed E-state index contributed by atoms with van der Waals surface area (Å²) in [6.45, 7) is -1.62. The molecule has 13 heteroatoms. The van der Waals surface area contributed by atoms with E-state index in [1.165, 1.54) is 0 Å². The van der Waals surface area contributed by atoms with E-state index in [-0.39, 0.29) is 55.1 Å². The van der Waals surface area contributed by atoms with Gasteiger partial charge >= 0.3 is 41.4 Å². The maximum atomic E-state index is 11.1. The summed E-state index contributed by atoms with van der Waals surface area (Å²) in [4.78, 5) is 28.9. The van der Waals surface area contributed by atoms with Crippen LogP contribution in [0.2, 0.25) is 0 Å². The minimum atomic E-state index is -2.35. The van der Waals surface area contributed by atoms with Gasteiger partial charge in [-0.25, -0.2) is 0 Å². The quantitative estimate of drug-likeness (QED) is 0.421. The Labute approximate surface area is 141 Å². The van der Waals surface area contributed by atoms with Gasteiger partial charge in [-0.3, -0.25) is 13.2 Å². The summed E-state index contributed by atoms with van der Waals surface area (Å²) >= 11 is 0. The molecule has 0 aromatic carbocycles. The fraction of sp³-hybridized carbons (Fsp3) is 1.00. The van der Waals surface area contributed by atoms with Crippen LogP contribution >= 0.6 is 24.1 Å². The molecule has 0 aliphatic carbocycles. The van der Waals surface area contributed by atoms with E-state index >= 15 is 0 Å². The van der Waals surface area contributed by atoms with Crippen LogP contribution < -0.4 is 14.7 Å². The van der Waals surface area contributed by atoms with Crippen molar-refractivity contribution in [1.82, 2.24) is 0 Å². The molecule has 0 bridgehead atoms. The van der Waals surface area contributed by atoms with E-state index in [1.807, 2.05) is 0 Å². The van der Waals surface area contributed by atoms with Crippen molar-refractivity contribution in [2.75, 3.05) is 38.5 Å². The Bertz CT molecular complexity index is 247. The average Bonchev–Trinajstić information content (AvgIpc) is 2.41. The van der Waals surface area contributed by atoms with Crippen LogP contribution in [-0.2, 0) is 13.7 Å². The van der Waals surface area contributed by atoms with Gasteiger partial charge in [0, 0.05) is 19.3 Å². The Morgan fingerprint density at radius 2 is 0.773 bits per heavy atom. The topological polar surface area (TPSA) is 120 Å². The van der Waals surface area contributed by atoms with Gasteiger partial charge in [-0.05, 0) is 0 Å². The standard InChI is InChI=1S/3C3H6FO2P.Al/c3*4-2-1-3-7(5)6;/h3*1-3H2;/q;;;+3. The van der Waals surface area contributed by atoms with E-state index in [2.05, 4.69) is 0 Å². The largest absolute Gasteiger partial charge is 3.00 e. The third-order valence-corrected chi connectivity index (χ3v) is 3.47. The molecule has 0 radical (unpaired) electrons. The summed E-state index contributed by atoms with van der Waals surface area (Å²) in [5.74, 6) is 0. The molecule has 0 rings (SSSR count). The van der Waals surface area contributed by atoms with E-state index in [1.54, 1.807) is 0 Å². The molecule has 3 atom stereocenters. The Morgan fingerprint density at radius 1 is 0.591 bits per heavy atom. The van der Waals surface area contributed by atoms with Gasteiger partial charge in [0.2, 0.25) is 0 Å². The van der Waals surface area contributed by atoms with E-state index < -0.39 is 44.1 Å². The zero-order chi connectivity index (χ0) is 17.1. The van der Waals surface area contributed by atoms with Crippen molar-refractivity contribution in [3.05, 3.63) is 0 Å². The number of halogens is 3. The molecule has 0 spiro atoms. The molecule has 3 unspecified atom stereocenters. The molecule has 6 nitrogen and oxygen atoms in total. The molecule has 0 saturated heterocycles. The first-order valence-electron chi connectivity index (χ1n) is 5.85. The van der Waals surface area contributed by atoms with Crippen molar-refractivity contribution in [2.24, 2.45) is 0 Å². The fourth-order valence-corrected chi connectivity index (χ4v) is 1.70. The molecule has 0 amide bonds. The van der Waals surface area contributed by atoms with Crippen LogP contribution in [0.15, 0.2) is 0 Å². The van der Waals surface area contributed by atoms with Crippen molar-refractivity contribution in [3.63, 3.8) is 0 Å². The smallest absolute Gasteiger partial charge is 0.596 e. The number of rotatable bonds is 9. The number of alkyl halides is 3. The first-order valence-corrected chi connectivity index (χ1v) is 9.93. The molecule has 0 aromatic rings. The van der Waals surface area contributed by atoms with Crippen molar-refractivity contribution in [2.45, 2.75) is 19.3 Å². The second-order valence-electron chi connectivity index (χ2n) is 3.30. The maximum Gasteiger partial charge on any atom is 3.00 e. The minimum Gasteiger partial charge on any atom is -0.596 e. The van der Waals surface area contributed by atoms with Gasteiger partial charge in [-0.2, -0.15) is 0 Å². The van der Waals surface area contributed by atoms with Gasteiger partial charge in [-0.15, -0.1) is 0 Å². The average molecular weight is 399 g/mol. The fourth-order valence-electron chi connectivity index (χ4n) is 0.567. The minimum absolute atomic E-state index is 0. The monoisotopic (exact) mass is 399 g/mol. The third-order valence-electron chi connectivity index (χ3n) is 1.42. The summed E-state index contributed by atoms with van der Waals surface area (Å²) in [6, 6.07) is 0. The van der Waals surface area contributed by atoms with Gasteiger partial charge in [-0.1, -0.05) is 13.7 Å². The molecule has 0 N–H and O–H groups in total. The Morgan fingerprint density at radius 3 is 0.818 bits per heavy atom. The molecule has 0 saturated carbocycles. The van der Waals surface area contributed by atoms with Crippen LogP contribution in [0, 0.1) is 0 Å². The second kappa shape index (κ2) is 26.4.